The van der Waals surface area contributed by atoms with Crippen molar-refractivity contribution in [3.8, 4) is 0 Å². The van der Waals surface area contributed by atoms with Crippen LogP contribution in [0, 0.1) is 11.3 Å². The lowest BCUT2D eigenvalue weighted by Gasteiger charge is -2.29. The van der Waals surface area contributed by atoms with Crippen molar-refractivity contribution in [3.05, 3.63) is 0 Å². The average Bonchev–Trinajstić information content (AvgIpc) is 2.26. The first-order valence-electron chi connectivity index (χ1n) is 6.85. The van der Waals surface area contributed by atoms with Crippen molar-refractivity contribution < 1.29 is 4.74 Å². The maximum absolute atomic E-state index is 5.99. The highest BCUT2D eigenvalue weighted by molar-refractivity contribution is 7.80. The fraction of sp³-hybridized carbons (Fsp3) is 0.929. The minimum Gasteiger partial charge on any atom is -0.393 e. The number of nitrogens with two attached hydrogens (primary N) is 1. The van der Waals surface area contributed by atoms with Gasteiger partial charge in [0.1, 0.15) is 0 Å². The van der Waals surface area contributed by atoms with Gasteiger partial charge in [0, 0.05) is 12.0 Å². The van der Waals surface area contributed by atoms with Gasteiger partial charge < -0.3 is 10.5 Å². The first-order valence-corrected chi connectivity index (χ1v) is 7.26. The predicted molar refractivity (Wildman–Crippen MR) is 77.2 cm³/mol. The van der Waals surface area contributed by atoms with Gasteiger partial charge in [-0.1, -0.05) is 45.8 Å². The van der Waals surface area contributed by atoms with Crippen LogP contribution in [0.4, 0.5) is 0 Å². The van der Waals surface area contributed by atoms with Crippen molar-refractivity contribution in [2.45, 2.75) is 65.4 Å². The Hall–Kier alpha value is -0.150. The summed E-state index contributed by atoms with van der Waals surface area (Å²) in [5.41, 5.74) is 5.68. The van der Waals surface area contributed by atoms with Gasteiger partial charge in [0.15, 0.2) is 0 Å². The third kappa shape index (κ3) is 4.92. The quantitative estimate of drug-likeness (QED) is 0.582. The minimum absolute atomic E-state index is 0.0309. The van der Waals surface area contributed by atoms with Gasteiger partial charge in [0.05, 0.1) is 11.1 Å². The van der Waals surface area contributed by atoms with Gasteiger partial charge in [-0.15, -0.1) is 0 Å². The van der Waals surface area contributed by atoms with Crippen LogP contribution >= 0.6 is 12.2 Å². The molecule has 0 heterocycles. The van der Waals surface area contributed by atoms with Crippen molar-refractivity contribution >= 4 is 17.2 Å². The van der Waals surface area contributed by atoms with Crippen LogP contribution in [0.1, 0.15) is 59.3 Å². The Labute approximate surface area is 111 Å². The number of hydrogen-bond donors (Lipinski definition) is 1. The molecule has 17 heavy (non-hydrogen) atoms. The molecular weight excluding hydrogens is 230 g/mol. The van der Waals surface area contributed by atoms with E-state index in [4.69, 9.17) is 22.7 Å². The van der Waals surface area contributed by atoms with E-state index in [0.29, 0.717) is 11.1 Å². The van der Waals surface area contributed by atoms with E-state index in [2.05, 4.69) is 20.8 Å². The first kappa shape index (κ1) is 14.9. The van der Waals surface area contributed by atoms with Gasteiger partial charge >= 0.3 is 0 Å². The summed E-state index contributed by atoms with van der Waals surface area (Å²) < 4.78 is 5.99. The predicted octanol–water partition coefficient (Wildman–Crippen LogP) is 3.67. The monoisotopic (exact) mass is 257 g/mol. The largest absolute Gasteiger partial charge is 0.393 e. The summed E-state index contributed by atoms with van der Waals surface area (Å²) in [6, 6.07) is 0. The third-order valence-corrected chi connectivity index (χ3v) is 4.53. The van der Waals surface area contributed by atoms with Crippen LogP contribution in [0.2, 0.25) is 0 Å². The second kappa shape index (κ2) is 6.69. The van der Waals surface area contributed by atoms with Crippen LogP contribution in [-0.4, -0.2) is 17.7 Å². The molecule has 0 saturated heterocycles. The molecule has 0 spiro atoms. The molecule has 1 aliphatic rings. The Morgan fingerprint density at radius 1 is 1.35 bits per heavy atom. The van der Waals surface area contributed by atoms with Gasteiger partial charge in [-0.3, -0.25) is 0 Å². The molecule has 2 nitrogen and oxygen atoms in total. The van der Waals surface area contributed by atoms with Crippen molar-refractivity contribution in [2.24, 2.45) is 17.1 Å². The summed E-state index contributed by atoms with van der Waals surface area (Å²) in [5.74, 6) is 0.729. The van der Waals surface area contributed by atoms with E-state index in [1.54, 1.807) is 0 Å². The molecule has 0 radical (unpaired) electrons. The summed E-state index contributed by atoms with van der Waals surface area (Å²) >= 11 is 5.06. The molecule has 1 aliphatic carbocycles. The second-order valence-electron chi connectivity index (χ2n) is 6.02. The van der Waals surface area contributed by atoms with Gasteiger partial charge in [0.2, 0.25) is 0 Å². The van der Waals surface area contributed by atoms with Crippen LogP contribution in [0.5, 0.6) is 0 Å². The number of ether oxygens (including phenoxy) is 1. The summed E-state index contributed by atoms with van der Waals surface area (Å²) in [5, 5.41) is 0. The fourth-order valence-corrected chi connectivity index (χ4v) is 2.50. The summed E-state index contributed by atoms with van der Waals surface area (Å²) in [7, 11) is 0. The third-order valence-electron chi connectivity index (χ3n) is 3.98. The summed E-state index contributed by atoms with van der Waals surface area (Å²) in [6.45, 7) is 7.38. The number of rotatable bonds is 6. The van der Waals surface area contributed by atoms with E-state index in [9.17, 15) is 0 Å². The second-order valence-corrected chi connectivity index (χ2v) is 6.46. The molecule has 3 heteroatoms. The van der Waals surface area contributed by atoms with Crippen LogP contribution in [0.15, 0.2) is 0 Å². The van der Waals surface area contributed by atoms with Crippen molar-refractivity contribution in [2.75, 3.05) is 6.61 Å². The topological polar surface area (TPSA) is 35.2 Å². The van der Waals surface area contributed by atoms with Crippen LogP contribution in [0.3, 0.4) is 0 Å². The molecule has 2 unspecified atom stereocenters. The molecule has 1 fully saturated rings. The SMILES string of the molecule is CC1CCCCC1OCCCC(C)(C)C(N)=S. The molecule has 2 atom stereocenters. The molecule has 2 N–H and O–H groups in total. The smallest absolute Gasteiger partial charge is 0.0784 e. The standard InChI is InChI=1S/C14H27NOS/c1-11-7-4-5-8-12(11)16-10-6-9-14(2,3)13(15)17/h11-12H,4-10H2,1-3H3,(H2,15,17). The fourth-order valence-electron chi connectivity index (χ4n) is 2.40. The zero-order valence-corrected chi connectivity index (χ0v) is 12.3. The highest BCUT2D eigenvalue weighted by atomic mass is 32.1. The average molecular weight is 257 g/mol. The number of thiocarbonyl (C=S) groups is 1. The minimum atomic E-state index is -0.0309. The van der Waals surface area contributed by atoms with Gasteiger partial charge in [-0.05, 0) is 31.6 Å². The molecule has 1 saturated carbocycles. The molecule has 0 amide bonds. The Morgan fingerprint density at radius 2 is 2.00 bits per heavy atom. The van der Waals surface area contributed by atoms with E-state index in [0.717, 1.165) is 25.4 Å². The summed E-state index contributed by atoms with van der Waals surface area (Å²) in [6.07, 6.45) is 7.81. The van der Waals surface area contributed by atoms with Crippen LogP contribution < -0.4 is 5.73 Å². The Kier molecular flexibility index (Phi) is 5.87. The van der Waals surface area contributed by atoms with E-state index >= 15 is 0 Å². The molecule has 0 aromatic heterocycles. The van der Waals surface area contributed by atoms with Gasteiger partial charge in [-0.2, -0.15) is 0 Å². The van der Waals surface area contributed by atoms with E-state index in [1.807, 2.05) is 0 Å². The Balaban J connectivity index is 2.17. The molecular formula is C14H27NOS. The van der Waals surface area contributed by atoms with E-state index in [1.165, 1.54) is 25.7 Å². The molecule has 0 aromatic carbocycles. The lowest BCUT2D eigenvalue weighted by Crippen LogP contribution is -2.30. The maximum Gasteiger partial charge on any atom is 0.0784 e. The van der Waals surface area contributed by atoms with Crippen molar-refractivity contribution in [1.29, 1.82) is 0 Å². The van der Waals surface area contributed by atoms with Crippen LogP contribution in [0.25, 0.3) is 0 Å². The zero-order chi connectivity index (χ0) is 12.9. The van der Waals surface area contributed by atoms with Crippen molar-refractivity contribution in [3.63, 3.8) is 0 Å². The maximum atomic E-state index is 5.99. The first-order chi connectivity index (χ1) is 7.93. The lowest BCUT2D eigenvalue weighted by atomic mass is 9.87. The Bertz CT molecular complexity index is 253. The molecule has 0 aromatic rings. The highest BCUT2D eigenvalue weighted by Gasteiger charge is 2.23. The van der Waals surface area contributed by atoms with E-state index < -0.39 is 0 Å². The lowest BCUT2D eigenvalue weighted by molar-refractivity contribution is -0.00787. The Morgan fingerprint density at radius 3 is 2.59 bits per heavy atom. The van der Waals surface area contributed by atoms with E-state index in [-0.39, 0.29) is 5.41 Å². The van der Waals surface area contributed by atoms with Crippen LogP contribution in [-0.2, 0) is 4.74 Å². The molecule has 1 rings (SSSR count). The van der Waals surface area contributed by atoms with Gasteiger partial charge in [-0.25, -0.2) is 0 Å². The van der Waals surface area contributed by atoms with Gasteiger partial charge in [0.25, 0.3) is 0 Å². The summed E-state index contributed by atoms with van der Waals surface area (Å²) in [4.78, 5) is 0.614. The molecule has 0 bridgehead atoms. The molecule has 0 aliphatic heterocycles. The molecule has 100 valence electrons. The van der Waals surface area contributed by atoms with Crippen molar-refractivity contribution in [1.82, 2.24) is 0 Å². The zero-order valence-electron chi connectivity index (χ0n) is 11.5. The number of hydrogen-bond acceptors (Lipinski definition) is 2. The highest BCUT2D eigenvalue weighted by Crippen LogP contribution is 2.27. The normalized spacial score (nSPS) is 25.8.